The first-order valence-electron chi connectivity index (χ1n) is 9.06. The van der Waals surface area contributed by atoms with Crippen LogP contribution >= 0.6 is 0 Å². The van der Waals surface area contributed by atoms with Crippen molar-refractivity contribution in [2.45, 2.75) is 52.6 Å². The molecule has 0 aromatic heterocycles. The van der Waals surface area contributed by atoms with Crippen molar-refractivity contribution in [3.63, 3.8) is 0 Å². The topological polar surface area (TPSA) is 60.0 Å². The van der Waals surface area contributed by atoms with Gasteiger partial charge < -0.3 is 24.6 Å². The summed E-state index contributed by atoms with van der Waals surface area (Å²) in [6.07, 6.45) is -0.247. The van der Waals surface area contributed by atoms with E-state index >= 15 is 0 Å². The molecule has 0 amide bonds. The molecule has 0 aliphatic heterocycles. The molecule has 0 aliphatic carbocycles. The van der Waals surface area contributed by atoms with E-state index in [-0.39, 0.29) is 18.8 Å². The quantitative estimate of drug-likeness (QED) is 0.545. The molecule has 0 spiro atoms. The van der Waals surface area contributed by atoms with Gasteiger partial charge in [-0.3, -0.25) is 0 Å². The second-order valence-corrected chi connectivity index (χ2v) is 6.01. The van der Waals surface area contributed by atoms with Gasteiger partial charge in [0, 0.05) is 12.6 Å². The normalized spacial score (nSPS) is 14.2. The first-order valence-corrected chi connectivity index (χ1v) is 8.21. The van der Waals surface area contributed by atoms with E-state index in [0.717, 1.165) is 5.56 Å². The molecule has 2 N–H and O–H groups in total. The molecule has 0 aliphatic rings. The first kappa shape index (κ1) is 16.7. The van der Waals surface area contributed by atoms with Crippen LogP contribution < -0.4 is 10.0 Å². The Labute approximate surface area is 142 Å². The number of rotatable bonds is 13. The van der Waals surface area contributed by atoms with E-state index in [1.165, 1.54) is 5.31 Å². The molecule has 0 radical (unpaired) electrons. The van der Waals surface area contributed by atoms with Crippen molar-refractivity contribution >= 4 is 0 Å². The molecule has 1 aromatic carbocycles. The third-order valence-corrected chi connectivity index (χ3v) is 2.98. The Kier molecular flexibility index (Phi) is 8.28. The van der Waals surface area contributed by atoms with Crippen LogP contribution in [0.5, 0.6) is 5.75 Å². The van der Waals surface area contributed by atoms with E-state index < -0.39 is 6.10 Å². The van der Waals surface area contributed by atoms with Gasteiger partial charge in [0.25, 0.3) is 0 Å². The van der Waals surface area contributed by atoms with Crippen LogP contribution in [0.1, 0.15) is 33.3 Å². The molecular formula is C18H31NO4. The average Bonchev–Trinajstić information content (AvgIpc) is 2.58. The Morgan fingerprint density at radius 3 is 2.52 bits per heavy atom. The van der Waals surface area contributed by atoms with Crippen molar-refractivity contribution in [3.05, 3.63) is 29.8 Å². The van der Waals surface area contributed by atoms with Gasteiger partial charge in [0.15, 0.2) is 0 Å². The van der Waals surface area contributed by atoms with E-state index in [4.69, 9.17) is 17.1 Å². The zero-order valence-electron chi connectivity index (χ0n) is 16.7. The van der Waals surface area contributed by atoms with Crippen LogP contribution in [0.2, 0.25) is 1.41 Å². The summed E-state index contributed by atoms with van der Waals surface area (Å²) in [5, 5.41) is 6.02. The van der Waals surface area contributed by atoms with Gasteiger partial charge in [0.1, 0.15) is 19.9 Å². The number of aliphatic hydroxyl groups is 1. The molecule has 0 heterocycles. The molecule has 0 saturated heterocycles. The van der Waals surface area contributed by atoms with Crippen LogP contribution in [-0.2, 0) is 16.1 Å². The zero-order chi connectivity index (χ0) is 18.7. The summed E-state index contributed by atoms with van der Waals surface area (Å²) in [6.45, 7) is 10.1. The standard InChI is InChI=1S/C18H31NO4/c1-14(2)19-11-17(20)13-23-18-7-5-16(6-8-18)12-21-9-10-22-15(3)4/h5-8,14-15,17,19-20H,9-13H2,1-4H3/i20D/hD. The highest BCUT2D eigenvalue weighted by molar-refractivity contribution is 5.26. The first-order chi connectivity index (χ1) is 11.9. The van der Waals surface area contributed by atoms with E-state index in [9.17, 15) is 0 Å². The number of nitrogens with one attached hydrogen (secondary N) is 1. The molecule has 0 fully saturated rings. The summed E-state index contributed by atoms with van der Waals surface area (Å²) >= 11 is 0. The van der Waals surface area contributed by atoms with E-state index in [1.807, 2.05) is 52.0 Å². The summed E-state index contributed by atoms with van der Waals surface area (Å²) in [5.74, 6) is 0.704. The Bertz CT molecular complexity index is 457. The molecule has 1 unspecified atom stereocenters. The molecule has 5 heteroatoms. The van der Waals surface area contributed by atoms with Crippen molar-refractivity contribution in [3.8, 4) is 5.75 Å². The van der Waals surface area contributed by atoms with Crippen LogP contribution in [-0.4, -0.2) is 51.2 Å². The number of ether oxygens (including phenoxy) is 3. The third-order valence-electron chi connectivity index (χ3n) is 2.98. The van der Waals surface area contributed by atoms with Crippen molar-refractivity contribution in [2.75, 3.05) is 26.4 Å². The van der Waals surface area contributed by atoms with Gasteiger partial charge in [-0.25, -0.2) is 0 Å². The van der Waals surface area contributed by atoms with Gasteiger partial charge in [0.2, 0.25) is 1.43 Å². The Morgan fingerprint density at radius 2 is 1.91 bits per heavy atom. The lowest BCUT2D eigenvalue weighted by atomic mass is 10.2. The van der Waals surface area contributed by atoms with Gasteiger partial charge >= 0.3 is 0 Å². The lowest BCUT2D eigenvalue weighted by molar-refractivity contribution is 0.0143. The minimum Gasteiger partial charge on any atom is -0.491 e. The number of aliphatic hydroxyl groups excluding tert-OH is 1. The summed E-state index contributed by atoms with van der Waals surface area (Å²) in [7, 11) is 0. The van der Waals surface area contributed by atoms with Gasteiger partial charge in [-0.2, -0.15) is 0 Å². The highest BCUT2D eigenvalue weighted by Gasteiger charge is 2.06. The van der Waals surface area contributed by atoms with Gasteiger partial charge in [-0.15, -0.1) is 0 Å². The molecule has 1 rings (SSSR count). The van der Waals surface area contributed by atoms with Crippen molar-refractivity contribution in [1.29, 1.82) is 1.43 Å². The van der Waals surface area contributed by atoms with Crippen LogP contribution in [0.15, 0.2) is 24.3 Å². The summed E-state index contributed by atoms with van der Waals surface area (Å²) < 4.78 is 31.5. The fraction of sp³-hybridized carbons (Fsp3) is 0.667. The van der Waals surface area contributed by atoms with Gasteiger partial charge in [-0.05, 0) is 31.5 Å². The summed E-state index contributed by atoms with van der Waals surface area (Å²) in [4.78, 5) is 0. The molecule has 0 bridgehead atoms. The van der Waals surface area contributed by atoms with Crippen molar-refractivity contribution < 1.29 is 20.7 Å². The Balaban J connectivity index is 2.31. The second-order valence-electron chi connectivity index (χ2n) is 6.01. The minimum absolute atomic E-state index is 0.0721. The van der Waals surface area contributed by atoms with Crippen molar-refractivity contribution in [1.82, 2.24) is 5.31 Å². The lowest BCUT2D eigenvalue weighted by Crippen LogP contribution is -2.35. The Hall–Kier alpha value is -1.14. The highest BCUT2D eigenvalue weighted by Crippen LogP contribution is 2.13. The fourth-order valence-electron chi connectivity index (χ4n) is 1.78. The predicted octanol–water partition coefficient (Wildman–Crippen LogP) is 2.37. The maximum Gasteiger partial charge on any atom is 0.211 e. The zero-order valence-corrected chi connectivity index (χ0v) is 14.7. The lowest BCUT2D eigenvalue weighted by Gasteiger charge is -2.15. The fourth-order valence-corrected chi connectivity index (χ4v) is 1.78. The SMILES string of the molecule is [2H]OC(COc1ccc(COCCOC(C)C)cc1)CN([2H])C(C)C. The maximum atomic E-state index is 7.78. The van der Waals surface area contributed by atoms with Crippen LogP contribution in [0, 0.1) is 0 Å². The smallest absolute Gasteiger partial charge is 0.211 e. The molecular weight excluding hydrogens is 294 g/mol. The average molecular weight is 327 g/mol. The molecule has 132 valence electrons. The second kappa shape index (κ2) is 11.4. The maximum absolute atomic E-state index is 7.78. The molecule has 5 nitrogen and oxygen atoms in total. The van der Waals surface area contributed by atoms with Crippen LogP contribution in [0.3, 0.4) is 0 Å². The van der Waals surface area contributed by atoms with Crippen LogP contribution in [0.25, 0.3) is 0 Å². The molecule has 23 heavy (non-hydrogen) atoms. The number of hydrogen-bond donors (Lipinski definition) is 2. The van der Waals surface area contributed by atoms with Crippen LogP contribution in [0.4, 0.5) is 0 Å². The van der Waals surface area contributed by atoms with E-state index in [2.05, 4.69) is 5.11 Å². The molecule has 1 atom stereocenters. The van der Waals surface area contributed by atoms with Gasteiger partial charge in [0.05, 0.1) is 25.9 Å². The van der Waals surface area contributed by atoms with Crippen molar-refractivity contribution in [2.24, 2.45) is 0 Å². The third kappa shape index (κ3) is 10.3. The summed E-state index contributed by atoms with van der Waals surface area (Å²) in [6, 6.07) is 7.69. The van der Waals surface area contributed by atoms with E-state index in [0.29, 0.717) is 32.1 Å². The Morgan fingerprint density at radius 1 is 1.17 bits per heavy atom. The van der Waals surface area contributed by atoms with Gasteiger partial charge in [-0.1, -0.05) is 26.0 Å². The highest BCUT2D eigenvalue weighted by atomic mass is 16.5. The number of hydrogen-bond acceptors (Lipinski definition) is 5. The number of benzene rings is 1. The molecule has 1 aromatic rings. The predicted molar refractivity (Wildman–Crippen MR) is 91.8 cm³/mol. The largest absolute Gasteiger partial charge is 0.491 e. The molecule has 0 saturated carbocycles. The monoisotopic (exact) mass is 327 g/mol. The summed E-state index contributed by atoms with van der Waals surface area (Å²) in [5.41, 5.74) is 1.06. The minimum atomic E-state index is -0.469. The van der Waals surface area contributed by atoms with E-state index in [1.54, 1.807) is 0 Å².